The summed E-state index contributed by atoms with van der Waals surface area (Å²) in [5.41, 5.74) is 0.989. The number of benzene rings is 3. The Morgan fingerprint density at radius 2 is 1.61 bits per heavy atom. The molecule has 1 heterocycles. The van der Waals surface area contributed by atoms with E-state index in [0.29, 0.717) is 11.4 Å². The van der Waals surface area contributed by atoms with Gasteiger partial charge in [0.2, 0.25) is 5.91 Å². The summed E-state index contributed by atoms with van der Waals surface area (Å²) in [6.45, 7) is -0.248. The van der Waals surface area contributed by atoms with Crippen molar-refractivity contribution in [1.29, 1.82) is 0 Å². The quantitative estimate of drug-likeness (QED) is 0.503. The number of non-ortho nitro benzene ring substituents is 1. The Hall–Kier alpha value is -4.60. The number of fused-ring (bicyclic) bond motifs is 1. The molecule has 3 aromatic rings. The summed E-state index contributed by atoms with van der Waals surface area (Å²) >= 11 is 0. The number of nitrogens with one attached hydrogen (secondary N) is 1. The maximum Gasteiger partial charge on any atom is 0.293 e. The van der Waals surface area contributed by atoms with Crippen LogP contribution in [-0.4, -0.2) is 28.1 Å². The van der Waals surface area contributed by atoms with Crippen molar-refractivity contribution < 1.29 is 14.6 Å². The summed E-state index contributed by atoms with van der Waals surface area (Å²) in [4.78, 5) is 40.2. The van der Waals surface area contributed by atoms with Gasteiger partial charge in [-0.15, -0.1) is 0 Å². The third-order valence-electron chi connectivity index (χ3n) is 4.65. The van der Waals surface area contributed by atoms with Crippen LogP contribution in [0.2, 0.25) is 0 Å². The average molecular weight is 417 g/mol. The maximum atomic E-state index is 12.2. The highest BCUT2D eigenvalue weighted by atomic mass is 16.6. The molecule has 0 saturated carbocycles. The molecular formula is C21H15N5O5. The van der Waals surface area contributed by atoms with Gasteiger partial charge in [-0.2, -0.15) is 0 Å². The van der Waals surface area contributed by atoms with Gasteiger partial charge in [0.05, 0.1) is 15.5 Å². The molecule has 0 saturated heterocycles. The van der Waals surface area contributed by atoms with Crippen LogP contribution in [0.4, 0.5) is 28.4 Å². The van der Waals surface area contributed by atoms with Crippen LogP contribution >= 0.6 is 0 Å². The number of carbonyl (C=O) groups excluding carboxylic acids is 1. The van der Waals surface area contributed by atoms with E-state index in [1.54, 1.807) is 48.5 Å². The van der Waals surface area contributed by atoms with E-state index >= 15 is 0 Å². The van der Waals surface area contributed by atoms with Gasteiger partial charge >= 0.3 is 0 Å². The van der Waals surface area contributed by atoms with Gasteiger partial charge < -0.3 is 5.32 Å². The zero-order valence-corrected chi connectivity index (χ0v) is 16.0. The molecule has 0 unspecified atom stereocenters. The van der Waals surface area contributed by atoms with E-state index in [0.717, 1.165) is 0 Å². The molecule has 10 heteroatoms. The van der Waals surface area contributed by atoms with Gasteiger partial charge in [-0.1, -0.05) is 30.3 Å². The molecule has 10 nitrogen and oxygen atoms in total. The SMILES string of the molecule is O=C1CN=C(N(c2ccccc2)c2ccccc2[N+](=O)[O-])c2cc([N+](=O)[O-])ccc2N1. The first-order chi connectivity index (χ1) is 15.0. The van der Waals surface area contributed by atoms with E-state index in [1.807, 2.05) is 0 Å². The van der Waals surface area contributed by atoms with Gasteiger partial charge in [0.1, 0.15) is 18.1 Å². The van der Waals surface area contributed by atoms with Crippen molar-refractivity contribution in [3.63, 3.8) is 0 Å². The number of carbonyl (C=O) groups is 1. The largest absolute Gasteiger partial charge is 0.324 e. The number of benzodiazepines with no additional fused rings is 1. The second-order valence-electron chi connectivity index (χ2n) is 6.59. The molecule has 3 aromatic carbocycles. The molecule has 31 heavy (non-hydrogen) atoms. The smallest absolute Gasteiger partial charge is 0.293 e. The lowest BCUT2D eigenvalue weighted by molar-refractivity contribution is -0.384. The lowest BCUT2D eigenvalue weighted by Gasteiger charge is -2.26. The molecule has 0 radical (unpaired) electrons. The third-order valence-corrected chi connectivity index (χ3v) is 4.65. The number of nitro benzene ring substituents is 2. The van der Waals surface area contributed by atoms with Gasteiger partial charge in [-0.3, -0.25) is 34.9 Å². The van der Waals surface area contributed by atoms with Crippen molar-refractivity contribution in [2.45, 2.75) is 0 Å². The molecule has 0 aliphatic carbocycles. The van der Waals surface area contributed by atoms with Crippen LogP contribution in [0.1, 0.15) is 5.56 Å². The minimum absolute atomic E-state index is 0.176. The molecule has 4 rings (SSSR count). The molecule has 0 fully saturated rings. The second kappa shape index (κ2) is 8.03. The molecule has 1 amide bonds. The van der Waals surface area contributed by atoms with Gasteiger partial charge in [0, 0.05) is 29.4 Å². The molecule has 0 bridgehead atoms. The van der Waals surface area contributed by atoms with Crippen molar-refractivity contribution >= 4 is 40.2 Å². The lowest BCUT2D eigenvalue weighted by Crippen LogP contribution is -2.28. The minimum atomic E-state index is -0.553. The first-order valence-corrected chi connectivity index (χ1v) is 9.17. The Morgan fingerprint density at radius 3 is 2.32 bits per heavy atom. The second-order valence-corrected chi connectivity index (χ2v) is 6.59. The highest BCUT2D eigenvalue weighted by Crippen LogP contribution is 2.37. The predicted octanol–water partition coefficient (Wildman–Crippen LogP) is 4.04. The van der Waals surface area contributed by atoms with Gasteiger partial charge in [0.15, 0.2) is 0 Å². The highest BCUT2D eigenvalue weighted by Gasteiger charge is 2.29. The van der Waals surface area contributed by atoms with Crippen molar-refractivity contribution in [2.75, 3.05) is 16.8 Å². The summed E-state index contributed by atoms with van der Waals surface area (Å²) in [6, 6.07) is 18.9. The molecule has 1 aliphatic rings. The summed E-state index contributed by atoms with van der Waals surface area (Å²) in [5, 5.41) is 25.8. The molecular weight excluding hydrogens is 402 g/mol. The molecule has 0 atom stereocenters. The van der Waals surface area contributed by atoms with Crippen molar-refractivity contribution in [1.82, 2.24) is 0 Å². The average Bonchev–Trinajstić information content (AvgIpc) is 2.93. The third kappa shape index (κ3) is 3.81. The van der Waals surface area contributed by atoms with E-state index < -0.39 is 15.8 Å². The van der Waals surface area contributed by atoms with E-state index in [2.05, 4.69) is 10.3 Å². The fourth-order valence-corrected chi connectivity index (χ4v) is 3.31. The maximum absolute atomic E-state index is 12.2. The minimum Gasteiger partial charge on any atom is -0.324 e. The van der Waals surface area contributed by atoms with E-state index in [4.69, 9.17) is 0 Å². The van der Waals surface area contributed by atoms with Crippen LogP contribution in [-0.2, 0) is 4.79 Å². The summed E-state index contributed by atoms with van der Waals surface area (Å²) in [7, 11) is 0. The number of nitro groups is 2. The number of aliphatic imine (C=N–C) groups is 1. The number of amides is 1. The fourth-order valence-electron chi connectivity index (χ4n) is 3.31. The highest BCUT2D eigenvalue weighted by molar-refractivity contribution is 6.20. The van der Waals surface area contributed by atoms with Crippen LogP contribution in [0.25, 0.3) is 0 Å². The Bertz CT molecular complexity index is 1230. The van der Waals surface area contributed by atoms with Crippen LogP contribution in [0.15, 0.2) is 77.8 Å². The number of amidine groups is 1. The Kier molecular flexibility index (Phi) is 5.10. The van der Waals surface area contributed by atoms with Gasteiger partial charge in [0.25, 0.3) is 11.4 Å². The summed E-state index contributed by atoms with van der Waals surface area (Å²) < 4.78 is 0. The number of nitrogens with zero attached hydrogens (tertiary/aromatic N) is 4. The Balaban J connectivity index is 2.01. The first kappa shape index (κ1) is 19.7. The number of hydrogen-bond donors (Lipinski definition) is 1. The van der Waals surface area contributed by atoms with Gasteiger partial charge in [-0.05, 0) is 24.3 Å². The Morgan fingerprint density at radius 1 is 0.903 bits per heavy atom. The molecule has 154 valence electrons. The van der Waals surface area contributed by atoms with Crippen LogP contribution in [0, 0.1) is 20.2 Å². The zero-order chi connectivity index (χ0) is 22.0. The summed E-state index contributed by atoms with van der Waals surface area (Å²) in [6.07, 6.45) is 0. The van der Waals surface area contributed by atoms with E-state index in [9.17, 15) is 25.0 Å². The topological polar surface area (TPSA) is 131 Å². The first-order valence-electron chi connectivity index (χ1n) is 9.17. The number of anilines is 3. The van der Waals surface area contributed by atoms with Crippen molar-refractivity contribution in [3.05, 3.63) is 98.6 Å². The summed E-state index contributed by atoms with van der Waals surface area (Å²) in [5.74, 6) is -0.224. The standard InChI is InChI=1S/C21H15N5O5/c27-20-13-22-21(16-12-15(25(28)29)10-11-17(16)23-20)24(14-6-2-1-3-7-14)18-8-4-5-9-19(18)26(30)31/h1-12H,13H2,(H,23,27). The van der Waals surface area contributed by atoms with Crippen LogP contribution < -0.4 is 10.2 Å². The van der Waals surface area contributed by atoms with Crippen molar-refractivity contribution in [2.24, 2.45) is 4.99 Å². The predicted molar refractivity (Wildman–Crippen MR) is 115 cm³/mol. The van der Waals surface area contributed by atoms with Crippen molar-refractivity contribution in [3.8, 4) is 0 Å². The number of hydrogen-bond acceptors (Lipinski definition) is 7. The lowest BCUT2D eigenvalue weighted by atomic mass is 10.1. The number of para-hydroxylation sites is 3. The number of rotatable bonds is 4. The Labute approximate surface area is 175 Å². The van der Waals surface area contributed by atoms with Crippen LogP contribution in [0.3, 0.4) is 0 Å². The monoisotopic (exact) mass is 417 g/mol. The van der Waals surface area contributed by atoms with Crippen LogP contribution in [0.5, 0.6) is 0 Å². The van der Waals surface area contributed by atoms with E-state index in [-0.39, 0.29) is 35.0 Å². The fraction of sp³-hybridized carbons (Fsp3) is 0.0476. The molecule has 1 N–H and O–H groups in total. The van der Waals surface area contributed by atoms with Gasteiger partial charge in [-0.25, -0.2) is 0 Å². The molecule has 0 aromatic heterocycles. The van der Waals surface area contributed by atoms with E-state index in [1.165, 1.54) is 29.2 Å². The molecule has 1 aliphatic heterocycles. The normalized spacial score (nSPS) is 12.8. The molecule has 0 spiro atoms. The zero-order valence-electron chi connectivity index (χ0n) is 16.0.